The number of likely N-dealkylation sites (tertiary alicyclic amines) is 1. The smallest absolute Gasteiger partial charge is 0.422 e. The number of nitrogens with one attached hydrogen (secondary N) is 1. The highest BCUT2D eigenvalue weighted by atomic mass is 19.4. The van der Waals surface area contributed by atoms with Gasteiger partial charge in [-0.05, 0) is 30.5 Å². The number of carbonyl (C=O) groups is 2. The molecule has 2 amide bonds. The predicted molar refractivity (Wildman–Crippen MR) is 85.0 cm³/mol. The molecule has 0 spiro atoms. The first-order chi connectivity index (χ1) is 13.0. The summed E-state index contributed by atoms with van der Waals surface area (Å²) in [6, 6.07) is 4.38. The van der Waals surface area contributed by atoms with Gasteiger partial charge in [0.05, 0.1) is 5.56 Å². The summed E-state index contributed by atoms with van der Waals surface area (Å²) in [6.45, 7) is -1.46. The molecule has 1 saturated heterocycles. The second kappa shape index (κ2) is 8.70. The lowest BCUT2D eigenvalue weighted by molar-refractivity contribution is -0.162. The van der Waals surface area contributed by atoms with Gasteiger partial charge in [-0.2, -0.15) is 26.3 Å². The molecule has 0 bridgehead atoms. The van der Waals surface area contributed by atoms with Gasteiger partial charge in [-0.15, -0.1) is 0 Å². The van der Waals surface area contributed by atoms with Crippen LogP contribution in [0.25, 0.3) is 0 Å². The molecule has 0 unspecified atom stereocenters. The fourth-order valence-electron chi connectivity index (χ4n) is 2.70. The number of benzene rings is 1. The number of carbonyl (C=O) groups excluding carboxylic acids is 2. The molecule has 1 aliphatic heterocycles. The molecule has 1 N–H and O–H groups in total. The molecule has 0 atom stereocenters. The highest BCUT2D eigenvalue weighted by Crippen LogP contribution is 2.29. The van der Waals surface area contributed by atoms with Crippen molar-refractivity contribution < 1.29 is 40.7 Å². The average Bonchev–Trinajstić information content (AvgIpc) is 2.63. The summed E-state index contributed by atoms with van der Waals surface area (Å²) in [5, 5.41) is 2.61. The largest absolute Gasteiger partial charge is 0.440 e. The van der Waals surface area contributed by atoms with E-state index in [4.69, 9.17) is 0 Å². The number of piperidine rings is 1. The van der Waals surface area contributed by atoms with Gasteiger partial charge in [0, 0.05) is 25.6 Å². The van der Waals surface area contributed by atoms with Crippen LogP contribution in [0, 0.1) is 5.92 Å². The van der Waals surface area contributed by atoms with Gasteiger partial charge in [0.25, 0.3) is 0 Å². The molecule has 0 aromatic heterocycles. The van der Waals surface area contributed by atoms with E-state index in [2.05, 4.69) is 10.1 Å². The van der Waals surface area contributed by atoms with Gasteiger partial charge in [-0.3, -0.25) is 4.79 Å². The Balaban J connectivity index is 1.75. The van der Waals surface area contributed by atoms with Crippen LogP contribution in [0.5, 0.6) is 0 Å². The number of hydrogen-bond acceptors (Lipinski definition) is 3. The van der Waals surface area contributed by atoms with Crippen LogP contribution in [0.1, 0.15) is 24.0 Å². The van der Waals surface area contributed by atoms with Crippen molar-refractivity contribution in [1.29, 1.82) is 0 Å². The maximum atomic E-state index is 12.5. The first-order valence-corrected chi connectivity index (χ1v) is 8.38. The lowest BCUT2D eigenvalue weighted by atomic mass is 9.96. The molecule has 2 rings (SSSR count). The fourth-order valence-corrected chi connectivity index (χ4v) is 2.70. The van der Waals surface area contributed by atoms with Crippen molar-refractivity contribution in [1.82, 2.24) is 10.2 Å². The van der Waals surface area contributed by atoms with Crippen molar-refractivity contribution in [2.24, 2.45) is 5.92 Å². The number of amides is 2. The van der Waals surface area contributed by atoms with Gasteiger partial charge >= 0.3 is 18.4 Å². The van der Waals surface area contributed by atoms with E-state index in [9.17, 15) is 35.9 Å². The van der Waals surface area contributed by atoms with E-state index in [1.54, 1.807) is 0 Å². The van der Waals surface area contributed by atoms with Crippen LogP contribution in [-0.2, 0) is 22.3 Å². The Kier molecular flexibility index (Phi) is 6.78. The summed E-state index contributed by atoms with van der Waals surface area (Å²) in [4.78, 5) is 24.8. The number of hydrogen-bond donors (Lipinski definition) is 1. The van der Waals surface area contributed by atoms with E-state index in [1.165, 1.54) is 12.1 Å². The Labute approximate surface area is 156 Å². The van der Waals surface area contributed by atoms with Crippen molar-refractivity contribution in [2.75, 3.05) is 19.7 Å². The maximum absolute atomic E-state index is 12.5. The van der Waals surface area contributed by atoms with Gasteiger partial charge in [-0.1, -0.05) is 12.1 Å². The third-order valence-electron chi connectivity index (χ3n) is 4.23. The van der Waals surface area contributed by atoms with E-state index in [0.29, 0.717) is 5.56 Å². The molecule has 156 valence electrons. The monoisotopic (exact) mass is 412 g/mol. The molecule has 1 heterocycles. The van der Waals surface area contributed by atoms with Crippen molar-refractivity contribution in [3.63, 3.8) is 0 Å². The van der Waals surface area contributed by atoms with Crippen LogP contribution >= 0.6 is 0 Å². The second-order valence-corrected chi connectivity index (χ2v) is 6.34. The Morgan fingerprint density at radius 3 is 2.11 bits per heavy atom. The summed E-state index contributed by atoms with van der Waals surface area (Å²) in [5.41, 5.74) is -0.290. The average molecular weight is 412 g/mol. The Bertz CT molecular complexity index is 680. The molecule has 1 fully saturated rings. The number of rotatable bonds is 4. The molecular weight excluding hydrogens is 394 g/mol. The highest BCUT2D eigenvalue weighted by molar-refractivity contribution is 5.79. The van der Waals surface area contributed by atoms with Gasteiger partial charge in [0.15, 0.2) is 6.61 Å². The zero-order valence-electron chi connectivity index (χ0n) is 14.6. The number of alkyl halides is 6. The van der Waals surface area contributed by atoms with Crippen LogP contribution in [0.2, 0.25) is 0 Å². The molecule has 1 aliphatic rings. The molecule has 0 aliphatic carbocycles. The SMILES string of the molecule is O=C(NCc1ccc(C(F)(F)F)cc1)C1CCN(C(=O)OCC(F)(F)F)CC1. The molecule has 11 heteroatoms. The molecule has 28 heavy (non-hydrogen) atoms. The van der Waals surface area contributed by atoms with E-state index in [-0.39, 0.29) is 38.4 Å². The van der Waals surface area contributed by atoms with Crippen LogP contribution in [-0.4, -0.2) is 42.8 Å². The maximum Gasteiger partial charge on any atom is 0.422 e. The summed E-state index contributed by atoms with van der Waals surface area (Å²) in [6.07, 6.45) is -9.62. The molecule has 1 aromatic carbocycles. The summed E-state index contributed by atoms with van der Waals surface area (Å²) >= 11 is 0. The minimum atomic E-state index is -4.60. The Morgan fingerprint density at radius 1 is 1.04 bits per heavy atom. The van der Waals surface area contributed by atoms with Crippen molar-refractivity contribution >= 4 is 12.0 Å². The molecular formula is C17H18F6N2O3. The van der Waals surface area contributed by atoms with Crippen molar-refractivity contribution in [3.8, 4) is 0 Å². The van der Waals surface area contributed by atoms with Crippen molar-refractivity contribution in [2.45, 2.75) is 31.7 Å². The summed E-state index contributed by atoms with van der Waals surface area (Å²) < 4.78 is 77.8. The fraction of sp³-hybridized carbons (Fsp3) is 0.529. The second-order valence-electron chi connectivity index (χ2n) is 6.34. The Morgan fingerprint density at radius 2 is 1.61 bits per heavy atom. The summed E-state index contributed by atoms with van der Waals surface area (Å²) in [5.74, 6) is -0.774. The lowest BCUT2D eigenvalue weighted by Crippen LogP contribution is -2.43. The third-order valence-corrected chi connectivity index (χ3v) is 4.23. The van der Waals surface area contributed by atoms with Crippen LogP contribution in [0.3, 0.4) is 0 Å². The molecule has 0 radical (unpaired) electrons. The van der Waals surface area contributed by atoms with Gasteiger partial charge < -0.3 is 15.0 Å². The quantitative estimate of drug-likeness (QED) is 0.767. The summed E-state index contributed by atoms with van der Waals surface area (Å²) in [7, 11) is 0. The topological polar surface area (TPSA) is 58.6 Å². The van der Waals surface area contributed by atoms with E-state index in [0.717, 1.165) is 17.0 Å². The van der Waals surface area contributed by atoms with Crippen LogP contribution in [0.4, 0.5) is 31.1 Å². The minimum absolute atomic E-state index is 0.0464. The van der Waals surface area contributed by atoms with Crippen LogP contribution in [0.15, 0.2) is 24.3 Å². The first-order valence-electron chi connectivity index (χ1n) is 8.38. The number of halogens is 6. The van der Waals surface area contributed by atoms with E-state index >= 15 is 0 Å². The molecule has 0 saturated carbocycles. The predicted octanol–water partition coefficient (Wildman–Crippen LogP) is 3.73. The first kappa shape index (κ1) is 21.8. The normalized spacial score (nSPS) is 16.0. The zero-order chi connectivity index (χ0) is 20.9. The molecule has 5 nitrogen and oxygen atoms in total. The standard InChI is InChI=1S/C17H18F6N2O3/c18-16(19,20)10-28-15(27)25-7-5-12(6-8-25)14(26)24-9-11-1-3-13(4-2-11)17(21,22)23/h1-4,12H,5-10H2,(H,24,26). The lowest BCUT2D eigenvalue weighted by Gasteiger charge is -2.30. The van der Waals surface area contributed by atoms with E-state index < -0.39 is 36.5 Å². The van der Waals surface area contributed by atoms with Crippen molar-refractivity contribution in [3.05, 3.63) is 35.4 Å². The zero-order valence-corrected chi connectivity index (χ0v) is 14.6. The van der Waals surface area contributed by atoms with Gasteiger partial charge in [0.1, 0.15) is 0 Å². The molecule has 1 aromatic rings. The van der Waals surface area contributed by atoms with Gasteiger partial charge in [0.2, 0.25) is 5.91 Å². The Hall–Kier alpha value is -2.46. The van der Waals surface area contributed by atoms with E-state index in [1.807, 2.05) is 0 Å². The third kappa shape index (κ3) is 6.61. The highest BCUT2D eigenvalue weighted by Gasteiger charge is 2.33. The van der Waals surface area contributed by atoms with Crippen LogP contribution < -0.4 is 5.32 Å². The number of ether oxygens (including phenoxy) is 1. The minimum Gasteiger partial charge on any atom is -0.440 e. The van der Waals surface area contributed by atoms with Gasteiger partial charge in [-0.25, -0.2) is 4.79 Å². The number of nitrogens with zero attached hydrogens (tertiary/aromatic N) is 1.